The maximum Gasteiger partial charge on any atom is 0.246 e. The minimum atomic E-state index is -0.0620. The average Bonchev–Trinajstić information content (AvgIpc) is 3.18. The van der Waals surface area contributed by atoms with Crippen LogP contribution < -0.4 is 20.1 Å². The third-order valence-electron chi connectivity index (χ3n) is 7.52. The predicted molar refractivity (Wildman–Crippen MR) is 184 cm³/mol. The fourth-order valence-corrected chi connectivity index (χ4v) is 5.29. The molecule has 1 fully saturated rings. The lowest BCUT2D eigenvalue weighted by molar-refractivity contribution is -0.129. The van der Waals surface area contributed by atoms with Crippen molar-refractivity contribution < 1.29 is 14.3 Å². The Labute approximate surface area is 269 Å². The van der Waals surface area contributed by atoms with Crippen molar-refractivity contribution in [3.63, 3.8) is 0 Å². The van der Waals surface area contributed by atoms with Gasteiger partial charge in [0.05, 0.1) is 46.1 Å². The molecule has 0 radical (unpaired) electrons. The van der Waals surface area contributed by atoms with E-state index in [1.54, 1.807) is 16.1 Å². The fraction of sp³-hybridized carbons (Fsp3) is 0.286. The molecule has 2 N–H and O–H groups in total. The van der Waals surface area contributed by atoms with Gasteiger partial charge in [-0.25, -0.2) is 5.01 Å². The normalized spacial score (nSPS) is 17.2. The molecule has 0 aromatic heterocycles. The van der Waals surface area contributed by atoms with Crippen molar-refractivity contribution in [2.45, 2.75) is 46.1 Å². The molecule has 45 heavy (non-hydrogen) atoms. The van der Waals surface area contributed by atoms with Crippen LogP contribution >= 0.6 is 11.6 Å². The van der Waals surface area contributed by atoms with Crippen LogP contribution in [-0.2, 0) is 4.79 Å². The number of aliphatic imine (C=N–C) groups is 1. The zero-order valence-electron chi connectivity index (χ0n) is 26.0. The summed E-state index contributed by atoms with van der Waals surface area (Å²) in [6.45, 7) is 15.5. The molecule has 0 bridgehead atoms. The van der Waals surface area contributed by atoms with Crippen LogP contribution in [-0.4, -0.2) is 53.5 Å². The number of rotatable bonds is 11. The maximum absolute atomic E-state index is 12.0. The molecular formula is C35H39ClN6O3. The molecule has 2 aromatic carbocycles. The van der Waals surface area contributed by atoms with Crippen molar-refractivity contribution in [2.75, 3.05) is 30.3 Å². The Hall–Kier alpha value is -4.76. The van der Waals surface area contributed by atoms with Gasteiger partial charge in [0.2, 0.25) is 5.91 Å². The average molecular weight is 627 g/mol. The van der Waals surface area contributed by atoms with E-state index in [1.807, 2.05) is 62.7 Å². The Balaban J connectivity index is 1.41. The molecule has 5 rings (SSSR count). The van der Waals surface area contributed by atoms with Crippen molar-refractivity contribution in [1.29, 1.82) is 0 Å². The van der Waals surface area contributed by atoms with Crippen LogP contribution in [0.15, 0.2) is 101 Å². The van der Waals surface area contributed by atoms with E-state index in [0.717, 1.165) is 41.2 Å². The summed E-state index contributed by atoms with van der Waals surface area (Å²) in [5.41, 5.74) is 6.25. The van der Waals surface area contributed by atoms with Gasteiger partial charge in [-0.05, 0) is 61.8 Å². The lowest BCUT2D eigenvalue weighted by Gasteiger charge is -2.39. The molecule has 234 valence electrons. The van der Waals surface area contributed by atoms with Gasteiger partial charge < -0.3 is 25.0 Å². The lowest BCUT2D eigenvalue weighted by atomic mass is 9.99. The van der Waals surface area contributed by atoms with Crippen molar-refractivity contribution in [3.8, 4) is 11.5 Å². The molecular weight excluding hydrogens is 588 g/mol. The Bertz CT molecular complexity index is 1630. The molecule has 0 spiro atoms. The molecule has 1 amide bonds. The minimum Gasteiger partial charge on any atom is -0.492 e. The number of likely N-dealkylation sites (tertiary alicyclic amines) is 1. The van der Waals surface area contributed by atoms with E-state index in [-0.39, 0.29) is 11.9 Å². The van der Waals surface area contributed by atoms with E-state index >= 15 is 0 Å². The Morgan fingerprint density at radius 1 is 1.20 bits per heavy atom. The summed E-state index contributed by atoms with van der Waals surface area (Å²) in [6, 6.07) is 9.73. The van der Waals surface area contributed by atoms with Gasteiger partial charge in [-0.15, -0.1) is 0 Å². The molecule has 10 heteroatoms. The number of halogens is 1. The number of allylic oxidation sites excluding steroid dienone is 3. The third kappa shape index (κ3) is 7.49. The largest absolute Gasteiger partial charge is 0.492 e. The molecule has 3 aliphatic heterocycles. The van der Waals surface area contributed by atoms with Gasteiger partial charge in [-0.1, -0.05) is 38.6 Å². The van der Waals surface area contributed by atoms with Crippen molar-refractivity contribution in [3.05, 3.63) is 102 Å². The second-order valence-electron chi connectivity index (χ2n) is 10.8. The van der Waals surface area contributed by atoms with Crippen LogP contribution in [0.4, 0.5) is 17.1 Å². The van der Waals surface area contributed by atoms with Crippen molar-refractivity contribution in [2.24, 2.45) is 10.1 Å². The smallest absolute Gasteiger partial charge is 0.246 e. The number of hydrazone groups is 1. The summed E-state index contributed by atoms with van der Waals surface area (Å²) in [4.78, 5) is 18.8. The van der Waals surface area contributed by atoms with Crippen LogP contribution in [0, 0.1) is 0 Å². The molecule has 3 aliphatic rings. The minimum absolute atomic E-state index is 0.0620. The highest BCUT2D eigenvalue weighted by Crippen LogP contribution is 2.38. The second kappa shape index (κ2) is 14.3. The number of nitrogens with zero attached hydrogens (tertiary/aromatic N) is 4. The highest BCUT2D eigenvalue weighted by molar-refractivity contribution is 6.32. The molecule has 0 unspecified atom stereocenters. The highest BCUT2D eigenvalue weighted by Gasteiger charge is 2.30. The lowest BCUT2D eigenvalue weighted by Crippen LogP contribution is -2.56. The first-order valence-electron chi connectivity index (χ1n) is 15.2. The van der Waals surface area contributed by atoms with Gasteiger partial charge in [-0.3, -0.25) is 9.79 Å². The number of nitrogens with one attached hydrogen (secondary N) is 2. The molecule has 0 atom stereocenters. The van der Waals surface area contributed by atoms with Gasteiger partial charge in [0.1, 0.15) is 17.3 Å². The van der Waals surface area contributed by atoms with Gasteiger partial charge in [0, 0.05) is 55.8 Å². The number of amides is 1. The molecule has 1 saturated heterocycles. The van der Waals surface area contributed by atoms with Gasteiger partial charge in [-0.2, -0.15) is 5.10 Å². The molecule has 0 saturated carbocycles. The predicted octanol–water partition coefficient (Wildman–Crippen LogP) is 7.78. The second-order valence-corrected chi connectivity index (χ2v) is 11.2. The number of carbonyl (C=O) groups is 1. The molecule has 9 nitrogen and oxygen atoms in total. The zero-order chi connectivity index (χ0) is 31.9. The first kappa shape index (κ1) is 31.7. The number of benzene rings is 2. The van der Waals surface area contributed by atoms with Crippen LogP contribution in [0.1, 0.15) is 45.6 Å². The number of anilines is 2. The van der Waals surface area contributed by atoms with E-state index in [0.29, 0.717) is 54.0 Å². The topological polar surface area (TPSA) is 90.8 Å². The number of ether oxygens (including phenoxy) is 2. The number of hydrogen-bond acceptors (Lipinski definition) is 8. The summed E-state index contributed by atoms with van der Waals surface area (Å²) in [5.74, 6) is 1.81. The summed E-state index contributed by atoms with van der Waals surface area (Å²) in [7, 11) is 0. The third-order valence-corrected chi connectivity index (χ3v) is 7.81. The first-order chi connectivity index (χ1) is 21.8. The summed E-state index contributed by atoms with van der Waals surface area (Å²) >= 11 is 6.71. The van der Waals surface area contributed by atoms with Crippen LogP contribution in [0.2, 0.25) is 5.02 Å². The molecule has 2 aromatic rings. The maximum atomic E-state index is 12.0. The van der Waals surface area contributed by atoms with Gasteiger partial charge >= 0.3 is 0 Å². The monoisotopic (exact) mass is 626 g/mol. The van der Waals surface area contributed by atoms with Crippen LogP contribution in [0.25, 0.3) is 0 Å². The van der Waals surface area contributed by atoms with Crippen LogP contribution in [0.5, 0.6) is 11.5 Å². The van der Waals surface area contributed by atoms with Crippen LogP contribution in [0.3, 0.4) is 0 Å². The summed E-state index contributed by atoms with van der Waals surface area (Å²) in [5, 5.41) is 13.5. The highest BCUT2D eigenvalue weighted by atomic mass is 35.5. The van der Waals surface area contributed by atoms with E-state index in [2.05, 4.69) is 41.9 Å². The van der Waals surface area contributed by atoms with E-state index < -0.39 is 0 Å². The van der Waals surface area contributed by atoms with E-state index in [4.69, 9.17) is 26.1 Å². The molecule has 0 aliphatic carbocycles. The number of fused-ring (bicyclic) bond motifs is 1. The Kier molecular flexibility index (Phi) is 10.1. The fourth-order valence-electron chi connectivity index (χ4n) is 5.08. The number of hydrogen-bond donors (Lipinski definition) is 2. The molecule has 3 heterocycles. The van der Waals surface area contributed by atoms with E-state index in [9.17, 15) is 4.79 Å². The SMILES string of the molecule is C=CC(=O)N1CC(Nc2cc3c(cc2OCC)NC=C(CC)CC3=Nc2ccc(OC3=CC(=C)N(/N=C\CC)C=C3)c(Cl)c2)C1. The Morgan fingerprint density at radius 2 is 2.02 bits per heavy atom. The Morgan fingerprint density at radius 3 is 2.71 bits per heavy atom. The van der Waals surface area contributed by atoms with E-state index in [1.165, 1.54) is 11.6 Å². The zero-order valence-corrected chi connectivity index (χ0v) is 26.7. The number of carbonyl (C=O) groups excluding carboxylic acids is 1. The standard InChI is InChI=1S/C35H39ClN6O3/c1-6-13-38-42-14-12-27(15-23(42)5)45-33-11-10-25(17-29(33)36)39-31-16-24(7-2)20-37-30-19-34(44-9-4)32(18-28(30)31)40-26-21-41(22-26)35(43)8-3/h8,10-15,17-20,26,37,40H,3,5-7,9,16,21-22H2,1-2,4H3/b38-13-,39-31?. The quantitative estimate of drug-likeness (QED) is 0.196. The van der Waals surface area contributed by atoms with Crippen molar-refractivity contribution in [1.82, 2.24) is 9.91 Å². The first-order valence-corrected chi connectivity index (χ1v) is 15.6. The van der Waals surface area contributed by atoms with Crippen molar-refractivity contribution >= 4 is 46.5 Å². The summed E-state index contributed by atoms with van der Waals surface area (Å²) in [6.07, 6.45) is 13.0. The van der Waals surface area contributed by atoms with Gasteiger partial charge in [0.25, 0.3) is 0 Å². The summed E-state index contributed by atoms with van der Waals surface area (Å²) < 4.78 is 12.1. The van der Waals surface area contributed by atoms with Gasteiger partial charge in [0.15, 0.2) is 0 Å².